The van der Waals surface area contributed by atoms with Crippen LogP contribution in [0.3, 0.4) is 0 Å². The fraction of sp³-hybridized carbons (Fsp3) is 0.345. The summed E-state index contributed by atoms with van der Waals surface area (Å²) in [6.45, 7) is 4.92. The van der Waals surface area contributed by atoms with Crippen molar-refractivity contribution in [1.82, 2.24) is 4.90 Å². The van der Waals surface area contributed by atoms with Crippen LogP contribution < -0.4 is 4.74 Å². The number of alkyl halides is 1. The van der Waals surface area contributed by atoms with Gasteiger partial charge in [-0.25, -0.2) is 0 Å². The zero-order chi connectivity index (χ0) is 25.2. The van der Waals surface area contributed by atoms with Crippen LogP contribution in [0, 0.1) is 5.92 Å². The number of fused-ring (bicyclic) bond motifs is 1. The number of aromatic hydroxyl groups is 1. The smallest absolute Gasteiger partial charge is 0.199 e. The number of Topliss-reactive ketones (excluding diaryl/α,β-unsaturated/α-hetero) is 1. The minimum atomic E-state index is -0.226. The lowest BCUT2D eigenvalue weighted by atomic mass is 9.91. The van der Waals surface area contributed by atoms with Crippen molar-refractivity contribution in [2.75, 3.05) is 32.9 Å². The fourth-order valence-corrected chi connectivity index (χ4v) is 6.43. The van der Waals surface area contributed by atoms with E-state index in [0.29, 0.717) is 24.3 Å². The van der Waals surface area contributed by atoms with Crippen LogP contribution >= 0.6 is 22.9 Å². The van der Waals surface area contributed by atoms with E-state index >= 15 is 0 Å². The molecule has 36 heavy (non-hydrogen) atoms. The number of phenols is 1. The third-order valence-corrected chi connectivity index (χ3v) is 8.35. The number of benzene rings is 2. The highest BCUT2D eigenvalue weighted by Gasteiger charge is 2.26. The first-order valence-corrected chi connectivity index (χ1v) is 13.5. The van der Waals surface area contributed by atoms with Crippen LogP contribution in [0.5, 0.6) is 11.5 Å². The van der Waals surface area contributed by atoms with E-state index in [2.05, 4.69) is 4.90 Å². The van der Waals surface area contributed by atoms with Gasteiger partial charge >= 0.3 is 0 Å². The Morgan fingerprint density at radius 2 is 1.97 bits per heavy atom. The maximum absolute atomic E-state index is 13.7. The third-order valence-electron chi connectivity index (χ3n) is 6.90. The van der Waals surface area contributed by atoms with Gasteiger partial charge in [-0.1, -0.05) is 23.7 Å². The Hall–Kier alpha value is -2.67. The van der Waals surface area contributed by atoms with Gasteiger partial charge in [-0.2, -0.15) is 0 Å². The van der Waals surface area contributed by atoms with E-state index in [9.17, 15) is 14.3 Å². The SMILES string of the molecule is CC1=C(C(=O)c2sc3cc(O)ccc3c2-c2ccc(OCCCN3CC(CF)C3)cc2)CCC(Cl)=C1. The Morgan fingerprint density at radius 1 is 1.19 bits per heavy atom. The summed E-state index contributed by atoms with van der Waals surface area (Å²) in [6.07, 6.45) is 4.06. The van der Waals surface area contributed by atoms with Crippen molar-refractivity contribution in [3.63, 3.8) is 0 Å². The number of hydrogen-bond acceptors (Lipinski definition) is 5. The Balaban J connectivity index is 1.36. The number of ether oxygens (including phenoxy) is 1. The van der Waals surface area contributed by atoms with E-state index in [4.69, 9.17) is 16.3 Å². The molecule has 0 unspecified atom stereocenters. The second kappa shape index (κ2) is 10.8. The van der Waals surface area contributed by atoms with Crippen LogP contribution in [-0.4, -0.2) is 48.7 Å². The second-order valence-electron chi connectivity index (χ2n) is 9.57. The number of likely N-dealkylation sites (tertiary alicyclic amines) is 1. The number of thiophene rings is 1. The average Bonchev–Trinajstić information content (AvgIpc) is 3.21. The Kier molecular flexibility index (Phi) is 7.47. The zero-order valence-corrected chi connectivity index (χ0v) is 21.8. The first-order chi connectivity index (χ1) is 17.4. The molecule has 7 heteroatoms. The number of allylic oxidation sites excluding steroid dienone is 4. The molecule has 1 aliphatic heterocycles. The molecule has 0 saturated carbocycles. The van der Waals surface area contributed by atoms with Crippen LogP contribution in [-0.2, 0) is 0 Å². The van der Waals surface area contributed by atoms with Gasteiger partial charge in [-0.05, 0) is 73.7 Å². The molecule has 188 valence electrons. The van der Waals surface area contributed by atoms with Gasteiger partial charge in [0, 0.05) is 51.8 Å². The molecular formula is C29H29ClFNO3S. The number of carbonyl (C=O) groups excluding carboxylic acids is 1. The molecule has 1 fully saturated rings. The van der Waals surface area contributed by atoms with Gasteiger partial charge in [0.15, 0.2) is 5.78 Å². The lowest BCUT2D eigenvalue weighted by Gasteiger charge is -2.37. The average molecular weight is 526 g/mol. The monoisotopic (exact) mass is 525 g/mol. The highest BCUT2D eigenvalue weighted by molar-refractivity contribution is 7.21. The van der Waals surface area contributed by atoms with Gasteiger partial charge in [-0.15, -0.1) is 11.3 Å². The number of rotatable bonds is 9. The van der Waals surface area contributed by atoms with Crippen LogP contribution in [0.25, 0.3) is 21.2 Å². The molecule has 0 radical (unpaired) electrons. The van der Waals surface area contributed by atoms with Crippen molar-refractivity contribution in [1.29, 1.82) is 0 Å². The molecule has 2 aliphatic rings. The van der Waals surface area contributed by atoms with Crippen LogP contribution in [0.15, 0.2) is 64.7 Å². The van der Waals surface area contributed by atoms with Crippen molar-refractivity contribution >= 4 is 38.8 Å². The summed E-state index contributed by atoms with van der Waals surface area (Å²) in [7, 11) is 0. The molecule has 1 saturated heterocycles. The predicted molar refractivity (Wildman–Crippen MR) is 145 cm³/mol. The maximum Gasteiger partial charge on any atom is 0.199 e. The first-order valence-electron chi connectivity index (χ1n) is 12.3. The Labute approximate surface area is 219 Å². The third kappa shape index (κ3) is 5.22. The topological polar surface area (TPSA) is 49.8 Å². The summed E-state index contributed by atoms with van der Waals surface area (Å²) in [6, 6.07) is 13.1. The number of ketones is 1. The van der Waals surface area contributed by atoms with Gasteiger partial charge in [0.1, 0.15) is 11.5 Å². The molecule has 0 atom stereocenters. The molecule has 0 amide bonds. The number of nitrogens with zero attached hydrogens (tertiary/aromatic N) is 1. The number of hydrogen-bond donors (Lipinski definition) is 1. The van der Waals surface area contributed by atoms with E-state index in [1.54, 1.807) is 12.1 Å². The molecule has 5 rings (SSSR count). The van der Waals surface area contributed by atoms with Gasteiger partial charge in [0.2, 0.25) is 0 Å². The van der Waals surface area contributed by atoms with E-state index < -0.39 is 0 Å². The number of halogens is 2. The summed E-state index contributed by atoms with van der Waals surface area (Å²) < 4.78 is 19.4. The molecule has 1 N–H and O–H groups in total. The summed E-state index contributed by atoms with van der Waals surface area (Å²) in [5, 5.41) is 11.7. The number of phenolic OH excluding ortho intramolecular Hbond substituents is 1. The lowest BCUT2D eigenvalue weighted by Crippen LogP contribution is -2.48. The summed E-state index contributed by atoms with van der Waals surface area (Å²) >= 11 is 7.61. The summed E-state index contributed by atoms with van der Waals surface area (Å²) in [5.74, 6) is 1.18. The molecule has 4 nitrogen and oxygen atoms in total. The highest BCUT2D eigenvalue weighted by atomic mass is 35.5. The van der Waals surface area contributed by atoms with Crippen LogP contribution in [0.1, 0.15) is 35.9 Å². The molecular weight excluding hydrogens is 497 g/mol. The Bertz CT molecular complexity index is 1340. The van der Waals surface area contributed by atoms with Crippen molar-refractivity contribution in [3.8, 4) is 22.6 Å². The van der Waals surface area contributed by atoms with Crippen molar-refractivity contribution in [2.45, 2.75) is 26.2 Å². The van der Waals surface area contributed by atoms with Crippen LogP contribution in [0.2, 0.25) is 0 Å². The quantitative estimate of drug-likeness (QED) is 0.234. The molecule has 0 spiro atoms. The minimum absolute atomic E-state index is 0.0185. The Morgan fingerprint density at radius 3 is 2.69 bits per heavy atom. The van der Waals surface area contributed by atoms with Gasteiger partial charge in [0.05, 0.1) is 18.2 Å². The normalized spacial score (nSPS) is 16.8. The van der Waals surface area contributed by atoms with Crippen molar-refractivity contribution < 1.29 is 19.0 Å². The van der Waals surface area contributed by atoms with E-state index in [1.807, 2.05) is 43.3 Å². The van der Waals surface area contributed by atoms with Gasteiger partial charge in [0.25, 0.3) is 0 Å². The fourth-order valence-electron chi connectivity index (χ4n) is 4.95. The van der Waals surface area contributed by atoms with E-state index in [0.717, 1.165) is 69.2 Å². The van der Waals surface area contributed by atoms with E-state index in [1.165, 1.54) is 11.3 Å². The summed E-state index contributed by atoms with van der Waals surface area (Å²) in [4.78, 5) is 16.6. The molecule has 2 heterocycles. The van der Waals surface area contributed by atoms with E-state index in [-0.39, 0.29) is 24.1 Å². The number of carbonyl (C=O) groups is 1. The van der Waals surface area contributed by atoms with Crippen molar-refractivity contribution in [3.05, 3.63) is 69.6 Å². The lowest BCUT2D eigenvalue weighted by molar-refractivity contribution is 0.0755. The largest absolute Gasteiger partial charge is 0.508 e. The van der Waals surface area contributed by atoms with Gasteiger partial charge < -0.3 is 14.7 Å². The zero-order valence-electron chi connectivity index (χ0n) is 20.2. The molecule has 2 aromatic carbocycles. The molecule has 1 aliphatic carbocycles. The predicted octanol–water partition coefficient (Wildman–Crippen LogP) is 7.36. The molecule has 1 aromatic heterocycles. The van der Waals surface area contributed by atoms with Crippen LogP contribution in [0.4, 0.5) is 4.39 Å². The minimum Gasteiger partial charge on any atom is -0.508 e. The van der Waals surface area contributed by atoms with Gasteiger partial charge in [-0.3, -0.25) is 9.18 Å². The molecule has 0 bridgehead atoms. The van der Waals surface area contributed by atoms with Crippen molar-refractivity contribution in [2.24, 2.45) is 5.92 Å². The highest BCUT2D eigenvalue weighted by Crippen LogP contribution is 2.43. The second-order valence-corrected chi connectivity index (χ2v) is 11.1. The maximum atomic E-state index is 13.7. The first kappa shape index (κ1) is 25.0. The summed E-state index contributed by atoms with van der Waals surface area (Å²) in [5.41, 5.74) is 3.51. The standard InChI is InChI=1S/C29H29ClFNO3S/c1-18-13-21(30)5-9-24(18)28(34)29-27(25-10-6-22(33)14-26(25)36-29)20-3-7-23(8-4-20)35-12-2-11-32-16-19(15-31)17-32/h3-4,6-8,10,13-14,19,33H,2,5,9,11-12,15-17H2,1H3. The molecule has 3 aromatic rings.